The Morgan fingerprint density at radius 3 is 2.52 bits per heavy atom. The first kappa shape index (κ1) is 17.2. The molecule has 21 heavy (non-hydrogen) atoms. The maximum absolute atomic E-state index is 12.7. The molecular weight excluding hydrogens is 264 g/mol. The van der Waals surface area contributed by atoms with Gasteiger partial charge in [0.2, 0.25) is 0 Å². The number of aromatic nitrogens is 1. The lowest BCUT2D eigenvalue weighted by Gasteiger charge is -2.23. The summed E-state index contributed by atoms with van der Waals surface area (Å²) in [6, 6.07) is 1.70. The van der Waals surface area contributed by atoms with Crippen molar-refractivity contribution in [3.05, 3.63) is 29.6 Å². The molecule has 0 aliphatic rings. The lowest BCUT2D eigenvalue weighted by Crippen LogP contribution is -2.33. The highest BCUT2D eigenvalue weighted by atomic mass is 16.2. The van der Waals surface area contributed by atoms with Crippen molar-refractivity contribution in [3.8, 4) is 11.8 Å². The maximum Gasteiger partial charge on any atom is 0.255 e. The van der Waals surface area contributed by atoms with E-state index in [0.717, 1.165) is 38.8 Å². The van der Waals surface area contributed by atoms with Crippen molar-refractivity contribution in [1.82, 2.24) is 9.88 Å². The number of unbranched alkanes of at least 4 members (excludes halogenated alkanes) is 2. The quantitative estimate of drug-likeness (QED) is 0.784. The Morgan fingerprint density at radius 2 is 1.95 bits per heavy atom. The predicted molar refractivity (Wildman–Crippen MR) is 83.9 cm³/mol. The van der Waals surface area contributed by atoms with Gasteiger partial charge in [-0.25, -0.2) is 0 Å². The number of hydrogen-bond donors (Lipinski definition) is 1. The number of carbonyl (C=O) groups excluding carboxylic acids is 1. The summed E-state index contributed by atoms with van der Waals surface area (Å²) in [6.45, 7) is 5.55. The van der Waals surface area contributed by atoms with Crippen LogP contribution in [-0.4, -0.2) is 40.6 Å². The van der Waals surface area contributed by atoms with Crippen molar-refractivity contribution in [1.29, 1.82) is 0 Å². The zero-order valence-electron chi connectivity index (χ0n) is 12.9. The van der Waals surface area contributed by atoms with Crippen LogP contribution in [0, 0.1) is 11.8 Å². The van der Waals surface area contributed by atoms with Crippen LogP contribution in [0.4, 0.5) is 0 Å². The van der Waals surface area contributed by atoms with E-state index in [1.54, 1.807) is 18.5 Å². The number of amides is 1. The van der Waals surface area contributed by atoms with E-state index in [9.17, 15) is 4.79 Å². The maximum atomic E-state index is 12.7. The molecule has 1 amide bonds. The van der Waals surface area contributed by atoms with Crippen LogP contribution >= 0.6 is 0 Å². The first-order valence-corrected chi connectivity index (χ1v) is 7.57. The predicted octanol–water partition coefficient (Wildman–Crippen LogP) is 2.47. The number of nitrogens with zero attached hydrogens (tertiary/aromatic N) is 2. The number of hydrogen-bond acceptors (Lipinski definition) is 3. The molecule has 0 aliphatic heterocycles. The van der Waals surface area contributed by atoms with E-state index >= 15 is 0 Å². The summed E-state index contributed by atoms with van der Waals surface area (Å²) in [5.74, 6) is 5.38. The van der Waals surface area contributed by atoms with Gasteiger partial charge in [0, 0.05) is 25.5 Å². The van der Waals surface area contributed by atoms with E-state index in [1.807, 2.05) is 4.90 Å². The molecule has 1 rings (SSSR count). The molecule has 114 valence electrons. The normalized spacial score (nSPS) is 9.86. The van der Waals surface area contributed by atoms with Gasteiger partial charge < -0.3 is 10.0 Å². The van der Waals surface area contributed by atoms with Crippen LogP contribution in [0.1, 0.15) is 55.5 Å². The average Bonchev–Trinajstić information content (AvgIpc) is 2.52. The highest BCUT2D eigenvalue weighted by Gasteiger charge is 2.17. The second-order valence-electron chi connectivity index (χ2n) is 4.88. The van der Waals surface area contributed by atoms with Crippen LogP contribution in [-0.2, 0) is 0 Å². The van der Waals surface area contributed by atoms with Crippen LogP contribution in [0.15, 0.2) is 18.5 Å². The van der Waals surface area contributed by atoms with Gasteiger partial charge in [-0.1, -0.05) is 38.5 Å². The first-order chi connectivity index (χ1) is 10.2. The minimum absolute atomic E-state index is 0.00143. The van der Waals surface area contributed by atoms with Crippen LogP contribution in [0.5, 0.6) is 0 Å². The van der Waals surface area contributed by atoms with Crippen molar-refractivity contribution < 1.29 is 9.90 Å². The number of aliphatic hydroxyl groups excluding tert-OH is 1. The Kier molecular flexibility index (Phi) is 8.15. The molecule has 0 aromatic carbocycles. The van der Waals surface area contributed by atoms with Crippen molar-refractivity contribution in [2.45, 2.75) is 39.5 Å². The Morgan fingerprint density at radius 1 is 1.29 bits per heavy atom. The molecular formula is C17H24N2O2. The molecule has 1 heterocycles. The summed E-state index contributed by atoms with van der Waals surface area (Å²) in [7, 11) is 0. The van der Waals surface area contributed by atoms with E-state index in [0.29, 0.717) is 11.1 Å². The largest absolute Gasteiger partial charge is 0.384 e. The van der Waals surface area contributed by atoms with Gasteiger partial charge in [-0.05, 0) is 18.9 Å². The Labute approximate surface area is 127 Å². The molecule has 0 spiro atoms. The molecule has 0 saturated carbocycles. The second-order valence-corrected chi connectivity index (χ2v) is 4.88. The summed E-state index contributed by atoms with van der Waals surface area (Å²) in [6.07, 6.45) is 7.30. The first-order valence-electron chi connectivity index (χ1n) is 7.57. The van der Waals surface area contributed by atoms with E-state index in [1.165, 1.54) is 0 Å². The van der Waals surface area contributed by atoms with Crippen LogP contribution < -0.4 is 0 Å². The van der Waals surface area contributed by atoms with Crippen molar-refractivity contribution in [3.63, 3.8) is 0 Å². The minimum atomic E-state index is -0.224. The average molecular weight is 288 g/mol. The van der Waals surface area contributed by atoms with Gasteiger partial charge in [0.05, 0.1) is 11.1 Å². The third kappa shape index (κ3) is 5.57. The van der Waals surface area contributed by atoms with E-state index in [4.69, 9.17) is 5.11 Å². The Balaban J connectivity index is 2.96. The Hall–Kier alpha value is -1.86. The molecule has 0 atom stereocenters. The van der Waals surface area contributed by atoms with Crippen LogP contribution in [0.2, 0.25) is 0 Å². The second kappa shape index (κ2) is 9.95. The number of carbonyl (C=O) groups is 1. The number of pyridine rings is 1. The zero-order valence-corrected chi connectivity index (χ0v) is 12.9. The summed E-state index contributed by atoms with van der Waals surface area (Å²) < 4.78 is 0. The van der Waals surface area contributed by atoms with Crippen molar-refractivity contribution in [2.24, 2.45) is 0 Å². The summed E-state index contributed by atoms with van der Waals surface area (Å²) in [5.41, 5.74) is 1.15. The van der Waals surface area contributed by atoms with Gasteiger partial charge in [0.15, 0.2) is 0 Å². The molecule has 0 saturated heterocycles. The third-order valence-electron chi connectivity index (χ3n) is 3.20. The van der Waals surface area contributed by atoms with E-state index in [-0.39, 0.29) is 12.5 Å². The van der Waals surface area contributed by atoms with Gasteiger partial charge >= 0.3 is 0 Å². The van der Waals surface area contributed by atoms with Crippen molar-refractivity contribution in [2.75, 3.05) is 19.7 Å². The molecule has 0 bridgehead atoms. The third-order valence-corrected chi connectivity index (χ3v) is 3.20. The van der Waals surface area contributed by atoms with E-state index in [2.05, 4.69) is 30.7 Å². The molecule has 0 fully saturated rings. The van der Waals surface area contributed by atoms with Gasteiger partial charge in [0.1, 0.15) is 6.61 Å². The smallest absolute Gasteiger partial charge is 0.255 e. The van der Waals surface area contributed by atoms with Crippen LogP contribution in [0.25, 0.3) is 0 Å². The summed E-state index contributed by atoms with van der Waals surface area (Å²) >= 11 is 0. The highest BCUT2D eigenvalue weighted by Crippen LogP contribution is 2.11. The zero-order chi connectivity index (χ0) is 15.5. The summed E-state index contributed by atoms with van der Waals surface area (Å²) in [4.78, 5) is 18.6. The molecule has 0 radical (unpaired) electrons. The number of aliphatic hydroxyl groups is 1. The van der Waals surface area contributed by atoms with Gasteiger partial charge in [-0.3, -0.25) is 9.78 Å². The summed E-state index contributed by atoms with van der Waals surface area (Å²) in [5, 5.41) is 8.81. The van der Waals surface area contributed by atoms with Gasteiger partial charge in [-0.15, -0.1) is 0 Å². The molecule has 4 nitrogen and oxygen atoms in total. The highest BCUT2D eigenvalue weighted by molar-refractivity contribution is 5.96. The fraction of sp³-hybridized carbons (Fsp3) is 0.529. The minimum Gasteiger partial charge on any atom is -0.384 e. The topological polar surface area (TPSA) is 53.4 Å². The monoisotopic (exact) mass is 288 g/mol. The molecule has 1 N–H and O–H groups in total. The fourth-order valence-electron chi connectivity index (χ4n) is 2.00. The van der Waals surface area contributed by atoms with Gasteiger partial charge in [-0.2, -0.15) is 0 Å². The lowest BCUT2D eigenvalue weighted by molar-refractivity contribution is 0.0750. The SMILES string of the molecule is CCCCN(CCCC)C(=O)c1ccncc1C#CCO. The van der Waals surface area contributed by atoms with Gasteiger partial charge in [0.25, 0.3) is 5.91 Å². The standard InChI is InChI=1S/C17H24N2O2/c1-3-5-11-19(12-6-4-2)17(21)16-9-10-18-14-15(16)8-7-13-20/h9-10,14,20H,3-6,11-13H2,1-2H3. The van der Waals surface area contributed by atoms with E-state index < -0.39 is 0 Å². The van der Waals surface area contributed by atoms with Crippen LogP contribution in [0.3, 0.4) is 0 Å². The Bertz CT molecular complexity index is 495. The van der Waals surface area contributed by atoms with Crippen molar-refractivity contribution >= 4 is 5.91 Å². The lowest BCUT2D eigenvalue weighted by atomic mass is 10.1. The molecule has 1 aromatic rings. The molecule has 1 aromatic heterocycles. The molecule has 0 unspecified atom stereocenters. The molecule has 4 heteroatoms. The molecule has 0 aliphatic carbocycles. The number of rotatable bonds is 7. The fourth-order valence-corrected chi connectivity index (χ4v) is 2.00.